The molecule has 2 fully saturated rings. The molecular formula is C15H21NO2. The number of hydrogen-bond acceptors (Lipinski definition) is 3. The number of nitrogens with one attached hydrogen (secondary N) is 1. The van der Waals surface area contributed by atoms with Crippen molar-refractivity contribution in [3.63, 3.8) is 0 Å². The lowest BCUT2D eigenvalue weighted by molar-refractivity contribution is 0.0782. The SMILES string of the molecule is c1cc2c(o1)CCCC2NC1CCOC1C1CC1. The Bertz CT molecular complexity index is 424. The summed E-state index contributed by atoms with van der Waals surface area (Å²) < 4.78 is 11.5. The second-order valence-corrected chi connectivity index (χ2v) is 5.98. The van der Waals surface area contributed by atoms with Crippen molar-refractivity contribution in [3.05, 3.63) is 23.7 Å². The van der Waals surface area contributed by atoms with Gasteiger partial charge in [-0.3, -0.25) is 0 Å². The van der Waals surface area contributed by atoms with E-state index in [-0.39, 0.29) is 0 Å². The molecule has 3 heteroatoms. The lowest BCUT2D eigenvalue weighted by atomic mass is 9.92. The zero-order valence-corrected chi connectivity index (χ0v) is 10.7. The first-order chi connectivity index (χ1) is 8.92. The van der Waals surface area contributed by atoms with E-state index in [0.29, 0.717) is 18.2 Å². The van der Waals surface area contributed by atoms with Crippen LogP contribution in [0.5, 0.6) is 0 Å². The highest BCUT2D eigenvalue weighted by Gasteiger charge is 2.41. The van der Waals surface area contributed by atoms with Gasteiger partial charge in [-0.25, -0.2) is 0 Å². The molecule has 0 bridgehead atoms. The Hall–Kier alpha value is -0.800. The van der Waals surface area contributed by atoms with Crippen molar-refractivity contribution < 1.29 is 9.15 Å². The molecule has 3 nitrogen and oxygen atoms in total. The summed E-state index contributed by atoms with van der Waals surface area (Å²) in [6.45, 7) is 0.934. The smallest absolute Gasteiger partial charge is 0.108 e. The van der Waals surface area contributed by atoms with E-state index in [0.717, 1.165) is 18.9 Å². The summed E-state index contributed by atoms with van der Waals surface area (Å²) in [6, 6.07) is 3.19. The van der Waals surface area contributed by atoms with Crippen molar-refractivity contribution in [1.29, 1.82) is 0 Å². The minimum Gasteiger partial charge on any atom is -0.469 e. The Labute approximate surface area is 108 Å². The number of hydrogen-bond donors (Lipinski definition) is 1. The molecule has 0 amide bonds. The Balaban J connectivity index is 1.49. The molecule has 0 spiro atoms. The fourth-order valence-electron chi connectivity index (χ4n) is 3.60. The van der Waals surface area contributed by atoms with Crippen molar-refractivity contribution in [2.45, 2.75) is 56.7 Å². The monoisotopic (exact) mass is 247 g/mol. The third-order valence-electron chi connectivity index (χ3n) is 4.69. The van der Waals surface area contributed by atoms with Gasteiger partial charge in [0, 0.05) is 30.7 Å². The van der Waals surface area contributed by atoms with Crippen molar-refractivity contribution >= 4 is 0 Å². The lowest BCUT2D eigenvalue weighted by Gasteiger charge is -2.28. The molecule has 1 saturated carbocycles. The average Bonchev–Trinajstić information content (AvgIpc) is 2.93. The molecule has 18 heavy (non-hydrogen) atoms. The van der Waals surface area contributed by atoms with Gasteiger partial charge >= 0.3 is 0 Å². The number of rotatable bonds is 3. The van der Waals surface area contributed by atoms with Gasteiger partial charge in [-0.1, -0.05) is 0 Å². The molecule has 1 saturated heterocycles. The van der Waals surface area contributed by atoms with Crippen LogP contribution >= 0.6 is 0 Å². The fourth-order valence-corrected chi connectivity index (χ4v) is 3.60. The van der Waals surface area contributed by atoms with Crippen LogP contribution in [0.3, 0.4) is 0 Å². The zero-order chi connectivity index (χ0) is 11.9. The van der Waals surface area contributed by atoms with Crippen LogP contribution < -0.4 is 5.32 Å². The number of fused-ring (bicyclic) bond motifs is 1. The molecule has 1 aromatic heterocycles. The zero-order valence-electron chi connectivity index (χ0n) is 10.7. The molecule has 0 aromatic carbocycles. The molecule has 1 N–H and O–H groups in total. The molecule has 4 rings (SSSR count). The summed E-state index contributed by atoms with van der Waals surface area (Å²) in [5.74, 6) is 2.03. The maximum atomic E-state index is 5.91. The van der Waals surface area contributed by atoms with E-state index < -0.39 is 0 Å². The van der Waals surface area contributed by atoms with Gasteiger partial charge in [0.25, 0.3) is 0 Å². The van der Waals surface area contributed by atoms with Crippen LogP contribution in [0, 0.1) is 5.92 Å². The fraction of sp³-hybridized carbons (Fsp3) is 0.733. The molecule has 2 aliphatic carbocycles. The largest absolute Gasteiger partial charge is 0.469 e. The summed E-state index contributed by atoms with van der Waals surface area (Å²) in [5.41, 5.74) is 1.39. The first-order valence-electron chi connectivity index (χ1n) is 7.36. The van der Waals surface area contributed by atoms with Crippen molar-refractivity contribution in [3.8, 4) is 0 Å². The Morgan fingerprint density at radius 2 is 2.11 bits per heavy atom. The molecule has 3 unspecified atom stereocenters. The van der Waals surface area contributed by atoms with Crippen LogP contribution in [-0.2, 0) is 11.2 Å². The minimum absolute atomic E-state index is 0.474. The standard InChI is InChI=1S/C15H21NO2/c1-2-12(11-6-8-17-14(11)3-1)16-13-7-9-18-15(13)10-4-5-10/h6,8,10,12-13,15-16H,1-5,7,9H2. The molecule has 3 atom stereocenters. The highest BCUT2D eigenvalue weighted by atomic mass is 16.5. The predicted octanol–water partition coefficient (Wildman–Crippen LogP) is 2.81. The van der Waals surface area contributed by atoms with Crippen molar-refractivity contribution in [2.75, 3.05) is 6.61 Å². The summed E-state index contributed by atoms with van der Waals surface area (Å²) in [7, 11) is 0. The third-order valence-corrected chi connectivity index (χ3v) is 4.69. The minimum atomic E-state index is 0.474. The van der Waals surface area contributed by atoms with Crippen LogP contribution in [0.2, 0.25) is 0 Å². The Morgan fingerprint density at radius 3 is 3.00 bits per heavy atom. The molecule has 1 aromatic rings. The van der Waals surface area contributed by atoms with Gasteiger partial charge in [-0.15, -0.1) is 0 Å². The van der Waals surface area contributed by atoms with Crippen LogP contribution in [-0.4, -0.2) is 18.8 Å². The number of aryl methyl sites for hydroxylation is 1. The lowest BCUT2D eigenvalue weighted by Crippen LogP contribution is -2.40. The Morgan fingerprint density at radius 1 is 1.17 bits per heavy atom. The van der Waals surface area contributed by atoms with Crippen LogP contribution in [0.1, 0.15) is 49.5 Å². The van der Waals surface area contributed by atoms with Crippen LogP contribution in [0.4, 0.5) is 0 Å². The van der Waals surface area contributed by atoms with E-state index in [2.05, 4.69) is 11.4 Å². The number of furan rings is 1. The molecule has 3 aliphatic rings. The molecule has 2 heterocycles. The maximum Gasteiger partial charge on any atom is 0.108 e. The molecular weight excluding hydrogens is 226 g/mol. The third kappa shape index (κ3) is 1.90. The van der Waals surface area contributed by atoms with Gasteiger partial charge in [0.2, 0.25) is 0 Å². The van der Waals surface area contributed by atoms with Gasteiger partial charge in [-0.2, -0.15) is 0 Å². The second-order valence-electron chi connectivity index (χ2n) is 5.98. The quantitative estimate of drug-likeness (QED) is 0.892. The van der Waals surface area contributed by atoms with Crippen molar-refractivity contribution in [2.24, 2.45) is 5.92 Å². The average molecular weight is 247 g/mol. The van der Waals surface area contributed by atoms with E-state index >= 15 is 0 Å². The normalized spacial score (nSPS) is 35.7. The van der Waals surface area contributed by atoms with Gasteiger partial charge in [0.15, 0.2) is 0 Å². The van der Waals surface area contributed by atoms with E-state index in [1.54, 1.807) is 0 Å². The van der Waals surface area contributed by atoms with Gasteiger partial charge in [-0.05, 0) is 44.1 Å². The topological polar surface area (TPSA) is 34.4 Å². The predicted molar refractivity (Wildman–Crippen MR) is 68.4 cm³/mol. The molecule has 98 valence electrons. The summed E-state index contributed by atoms with van der Waals surface area (Å²) in [6.07, 6.45) is 9.80. The van der Waals surface area contributed by atoms with Gasteiger partial charge < -0.3 is 14.5 Å². The van der Waals surface area contributed by atoms with Gasteiger partial charge in [0.1, 0.15) is 5.76 Å². The Kier molecular flexibility index (Phi) is 2.70. The first-order valence-corrected chi connectivity index (χ1v) is 7.36. The highest BCUT2D eigenvalue weighted by Crippen LogP contribution is 2.40. The first kappa shape index (κ1) is 11.1. The van der Waals surface area contributed by atoms with Gasteiger partial charge in [0.05, 0.1) is 12.4 Å². The summed E-state index contributed by atoms with van der Waals surface area (Å²) in [5, 5.41) is 3.85. The summed E-state index contributed by atoms with van der Waals surface area (Å²) >= 11 is 0. The van der Waals surface area contributed by atoms with Crippen LogP contribution in [0.25, 0.3) is 0 Å². The second kappa shape index (κ2) is 4.39. The summed E-state index contributed by atoms with van der Waals surface area (Å²) in [4.78, 5) is 0. The molecule has 0 radical (unpaired) electrons. The number of ether oxygens (including phenoxy) is 1. The maximum absolute atomic E-state index is 5.91. The van der Waals surface area contributed by atoms with E-state index in [1.165, 1.54) is 43.4 Å². The highest BCUT2D eigenvalue weighted by molar-refractivity contribution is 5.24. The van der Waals surface area contributed by atoms with E-state index in [1.807, 2.05) is 6.26 Å². The van der Waals surface area contributed by atoms with Crippen molar-refractivity contribution in [1.82, 2.24) is 5.32 Å². The molecule has 1 aliphatic heterocycles. The van der Waals surface area contributed by atoms with E-state index in [4.69, 9.17) is 9.15 Å². The van der Waals surface area contributed by atoms with E-state index in [9.17, 15) is 0 Å². The van der Waals surface area contributed by atoms with Crippen LogP contribution in [0.15, 0.2) is 16.7 Å².